The van der Waals surface area contributed by atoms with Crippen molar-refractivity contribution in [2.75, 3.05) is 43.5 Å². The molecule has 3 fully saturated rings. The van der Waals surface area contributed by atoms with Crippen molar-refractivity contribution in [3.63, 3.8) is 0 Å². The van der Waals surface area contributed by atoms with Crippen LogP contribution in [0.5, 0.6) is 0 Å². The summed E-state index contributed by atoms with van der Waals surface area (Å²) in [5.74, 6) is 2.35. The lowest BCUT2D eigenvalue weighted by atomic mass is 9.94. The molecule has 1 aromatic carbocycles. The number of benzene rings is 1. The lowest BCUT2D eigenvalue weighted by molar-refractivity contribution is -0.134. The van der Waals surface area contributed by atoms with E-state index >= 15 is 0 Å². The van der Waals surface area contributed by atoms with Crippen molar-refractivity contribution in [3.05, 3.63) is 24.0 Å². The van der Waals surface area contributed by atoms with Crippen LogP contribution in [-0.2, 0) is 4.79 Å². The Morgan fingerprint density at radius 1 is 1.04 bits per heavy atom. The highest BCUT2D eigenvalue weighted by Crippen LogP contribution is 2.41. The molecule has 0 bridgehead atoms. The highest BCUT2D eigenvalue weighted by molar-refractivity contribution is 7.99. The third-order valence-corrected chi connectivity index (χ3v) is 8.00. The van der Waals surface area contributed by atoms with Gasteiger partial charge in [-0.3, -0.25) is 4.79 Å². The molecule has 1 aliphatic carbocycles. The molecule has 1 aromatic rings. The van der Waals surface area contributed by atoms with Gasteiger partial charge in [0.2, 0.25) is 5.91 Å². The van der Waals surface area contributed by atoms with Crippen LogP contribution in [0.15, 0.2) is 23.1 Å². The molecule has 0 aromatic heterocycles. The van der Waals surface area contributed by atoms with Gasteiger partial charge < -0.3 is 14.7 Å². The maximum absolute atomic E-state index is 13.5. The van der Waals surface area contributed by atoms with Gasteiger partial charge in [-0.05, 0) is 62.6 Å². The molecule has 4 aliphatic rings. The van der Waals surface area contributed by atoms with Crippen LogP contribution in [0, 0.1) is 17.7 Å². The molecule has 6 heteroatoms. The Balaban J connectivity index is 1.08. The van der Waals surface area contributed by atoms with E-state index in [2.05, 4.69) is 14.7 Å². The minimum absolute atomic E-state index is 0.132. The normalized spacial score (nSPS) is 24.6. The Morgan fingerprint density at radius 2 is 1.79 bits per heavy atom. The summed E-state index contributed by atoms with van der Waals surface area (Å²) >= 11 is 1.76. The number of nitrogens with zero attached hydrogens (tertiary/aromatic N) is 3. The lowest BCUT2D eigenvalue weighted by Gasteiger charge is -2.40. The van der Waals surface area contributed by atoms with E-state index in [4.69, 9.17) is 0 Å². The largest absolute Gasteiger partial charge is 0.358 e. The molecule has 4 nitrogen and oxygen atoms in total. The first kappa shape index (κ1) is 18.7. The predicted octanol–water partition coefficient (Wildman–Crippen LogP) is 3.81. The second-order valence-electron chi connectivity index (χ2n) is 8.93. The molecule has 5 rings (SSSR count). The second-order valence-corrected chi connectivity index (χ2v) is 9.92. The molecule has 0 radical (unpaired) electrons. The molecule has 1 amide bonds. The van der Waals surface area contributed by atoms with Gasteiger partial charge in [0.1, 0.15) is 5.82 Å². The third kappa shape index (κ3) is 3.90. The second kappa shape index (κ2) is 7.86. The van der Waals surface area contributed by atoms with Gasteiger partial charge in [-0.1, -0.05) is 0 Å². The van der Waals surface area contributed by atoms with Gasteiger partial charge in [0.25, 0.3) is 0 Å². The number of carbonyl (C=O) groups is 1. The third-order valence-electron chi connectivity index (χ3n) is 6.96. The Kier molecular flexibility index (Phi) is 5.26. The first-order valence-corrected chi connectivity index (χ1v) is 11.9. The molecule has 1 saturated carbocycles. The number of carbonyl (C=O) groups excluding carboxylic acids is 1. The molecule has 0 atom stereocenters. The van der Waals surface area contributed by atoms with E-state index < -0.39 is 0 Å². The summed E-state index contributed by atoms with van der Waals surface area (Å²) in [5, 5.41) is 0. The van der Waals surface area contributed by atoms with E-state index in [0.717, 1.165) is 55.7 Å². The molecular formula is C22H30FN3OS. The molecule has 0 unspecified atom stereocenters. The number of halogens is 1. The summed E-state index contributed by atoms with van der Waals surface area (Å²) < 4.78 is 13.5. The Bertz CT molecular complexity index is 724. The predicted molar refractivity (Wildman–Crippen MR) is 111 cm³/mol. The molecule has 2 saturated heterocycles. The number of hydrogen-bond acceptors (Lipinski definition) is 4. The van der Waals surface area contributed by atoms with Crippen LogP contribution >= 0.6 is 11.8 Å². The average molecular weight is 404 g/mol. The number of anilines is 1. The molecule has 28 heavy (non-hydrogen) atoms. The van der Waals surface area contributed by atoms with Gasteiger partial charge in [-0.2, -0.15) is 0 Å². The summed E-state index contributed by atoms with van der Waals surface area (Å²) in [6, 6.07) is 5.80. The Hall–Kier alpha value is -1.27. The number of thioether (sulfide) groups is 1. The highest BCUT2D eigenvalue weighted by Gasteiger charge is 2.35. The molecule has 3 heterocycles. The lowest BCUT2D eigenvalue weighted by Crippen LogP contribution is -2.47. The number of likely N-dealkylation sites (tertiary alicyclic amines) is 2. The van der Waals surface area contributed by atoms with Gasteiger partial charge in [0.05, 0.1) is 11.6 Å². The van der Waals surface area contributed by atoms with Crippen molar-refractivity contribution in [1.82, 2.24) is 9.80 Å². The van der Waals surface area contributed by atoms with Crippen molar-refractivity contribution in [2.24, 2.45) is 11.8 Å². The molecule has 152 valence electrons. The fourth-order valence-corrected chi connectivity index (χ4v) is 6.21. The van der Waals surface area contributed by atoms with Gasteiger partial charge in [0, 0.05) is 49.6 Å². The number of amides is 1. The van der Waals surface area contributed by atoms with Crippen LogP contribution in [0.25, 0.3) is 0 Å². The molecule has 0 spiro atoms. The monoisotopic (exact) mass is 403 g/mol. The number of hydrogen-bond donors (Lipinski definition) is 0. The summed E-state index contributed by atoms with van der Waals surface area (Å²) in [7, 11) is 0. The van der Waals surface area contributed by atoms with Crippen molar-refractivity contribution >= 4 is 23.4 Å². The van der Waals surface area contributed by atoms with Crippen molar-refractivity contribution < 1.29 is 9.18 Å². The standard InChI is InChI=1S/C22H30FN3OS/c23-18-3-4-20-21(13-18)28-15-26(20)19-7-9-24(10-8-19)14-16-5-11-25(12-6-16)22(27)17-1-2-17/h3-4,13,16-17,19H,1-2,5-12,14-15H2. The summed E-state index contributed by atoms with van der Waals surface area (Å²) in [5.41, 5.74) is 1.22. The zero-order valence-corrected chi connectivity index (χ0v) is 17.3. The zero-order chi connectivity index (χ0) is 19.1. The van der Waals surface area contributed by atoms with Gasteiger partial charge in [-0.25, -0.2) is 4.39 Å². The van der Waals surface area contributed by atoms with Crippen LogP contribution < -0.4 is 4.90 Å². The summed E-state index contributed by atoms with van der Waals surface area (Å²) in [4.78, 5) is 20.5. The molecular weight excluding hydrogens is 373 g/mol. The van der Waals surface area contributed by atoms with Crippen LogP contribution in [0.1, 0.15) is 38.5 Å². The summed E-state index contributed by atoms with van der Waals surface area (Å²) in [6.07, 6.45) is 6.94. The van der Waals surface area contributed by atoms with E-state index in [1.54, 1.807) is 23.9 Å². The van der Waals surface area contributed by atoms with Gasteiger partial charge in [0.15, 0.2) is 0 Å². The smallest absolute Gasteiger partial charge is 0.225 e. The van der Waals surface area contributed by atoms with E-state index in [1.165, 1.54) is 37.9 Å². The minimum Gasteiger partial charge on any atom is -0.358 e. The van der Waals surface area contributed by atoms with E-state index in [1.807, 2.05) is 6.07 Å². The van der Waals surface area contributed by atoms with Crippen LogP contribution in [-0.4, -0.2) is 60.3 Å². The fraction of sp³-hybridized carbons (Fsp3) is 0.682. The molecule has 0 N–H and O–H groups in total. The Morgan fingerprint density at radius 3 is 2.50 bits per heavy atom. The maximum Gasteiger partial charge on any atom is 0.225 e. The number of piperidine rings is 2. The van der Waals surface area contributed by atoms with E-state index in [0.29, 0.717) is 17.9 Å². The van der Waals surface area contributed by atoms with E-state index in [9.17, 15) is 9.18 Å². The summed E-state index contributed by atoms with van der Waals surface area (Å²) in [6.45, 7) is 5.44. The SMILES string of the molecule is O=C(C1CC1)N1CCC(CN2CCC(N3CSc4cc(F)ccc43)CC2)CC1. The molecule has 3 aliphatic heterocycles. The van der Waals surface area contributed by atoms with Crippen LogP contribution in [0.2, 0.25) is 0 Å². The minimum atomic E-state index is -0.132. The van der Waals surface area contributed by atoms with Crippen LogP contribution in [0.4, 0.5) is 10.1 Å². The topological polar surface area (TPSA) is 26.8 Å². The fourth-order valence-electron chi connectivity index (χ4n) is 5.05. The van der Waals surface area contributed by atoms with Gasteiger partial charge >= 0.3 is 0 Å². The van der Waals surface area contributed by atoms with Crippen molar-refractivity contribution in [1.29, 1.82) is 0 Å². The number of rotatable bonds is 4. The Labute approximate surface area is 171 Å². The highest BCUT2D eigenvalue weighted by atomic mass is 32.2. The quantitative estimate of drug-likeness (QED) is 0.764. The zero-order valence-electron chi connectivity index (χ0n) is 16.5. The van der Waals surface area contributed by atoms with E-state index in [-0.39, 0.29) is 5.82 Å². The first-order chi connectivity index (χ1) is 13.7. The average Bonchev–Trinajstić information content (AvgIpc) is 3.49. The van der Waals surface area contributed by atoms with Gasteiger partial charge in [-0.15, -0.1) is 11.8 Å². The van der Waals surface area contributed by atoms with Crippen LogP contribution in [0.3, 0.4) is 0 Å². The maximum atomic E-state index is 13.5. The number of fused-ring (bicyclic) bond motifs is 1. The van der Waals surface area contributed by atoms with Crippen molar-refractivity contribution in [2.45, 2.75) is 49.5 Å². The van der Waals surface area contributed by atoms with Crippen molar-refractivity contribution in [3.8, 4) is 0 Å². The first-order valence-electron chi connectivity index (χ1n) is 10.9.